The molecule has 0 saturated heterocycles. The molecular weight excluding hydrogens is 279 g/mol. The second kappa shape index (κ2) is 11.8. The zero-order chi connectivity index (χ0) is 10.6. The molecule has 0 aromatic heterocycles. The summed E-state index contributed by atoms with van der Waals surface area (Å²) in [6.45, 7) is 8.67. The van der Waals surface area contributed by atoms with E-state index < -0.39 is 19.8 Å². The molecule has 0 bridgehead atoms. The predicted octanol–water partition coefficient (Wildman–Crippen LogP) is 4.12. The SMILES string of the molecule is CCC[CH2][Sn+]([CH2]CCC)[CH2]COCC. The summed E-state index contributed by atoms with van der Waals surface area (Å²) < 4.78 is 10.1. The monoisotopic (exact) mass is 307 g/mol. The molecule has 0 amide bonds. The van der Waals surface area contributed by atoms with Gasteiger partial charge in [0.25, 0.3) is 0 Å². The summed E-state index contributed by atoms with van der Waals surface area (Å²) in [6.07, 6.45) is 5.71. The Kier molecular flexibility index (Phi) is 12.5. The van der Waals surface area contributed by atoms with Gasteiger partial charge in [-0.1, -0.05) is 0 Å². The molecule has 1 nitrogen and oxygen atoms in total. The average Bonchev–Trinajstić information content (AvgIpc) is 2.21. The zero-order valence-corrected chi connectivity index (χ0v) is 13.1. The minimum atomic E-state index is -0.985. The molecule has 0 saturated carbocycles. The third kappa shape index (κ3) is 9.32. The van der Waals surface area contributed by atoms with E-state index in [9.17, 15) is 0 Å². The van der Waals surface area contributed by atoms with E-state index in [2.05, 4.69) is 20.8 Å². The van der Waals surface area contributed by atoms with E-state index in [-0.39, 0.29) is 0 Å². The van der Waals surface area contributed by atoms with Crippen molar-refractivity contribution in [3.63, 3.8) is 0 Å². The van der Waals surface area contributed by atoms with E-state index in [1.807, 2.05) is 0 Å². The molecule has 0 radical (unpaired) electrons. The summed E-state index contributed by atoms with van der Waals surface area (Å²) in [5, 5.41) is 0. The van der Waals surface area contributed by atoms with Crippen LogP contribution in [-0.2, 0) is 4.74 Å². The first-order valence-corrected chi connectivity index (χ1v) is 12.3. The molecule has 0 atom stereocenters. The van der Waals surface area contributed by atoms with Crippen LogP contribution in [0.3, 0.4) is 0 Å². The summed E-state index contributed by atoms with van der Waals surface area (Å²) in [4.78, 5) is 0. The van der Waals surface area contributed by atoms with Crippen molar-refractivity contribution in [2.24, 2.45) is 0 Å². The molecule has 2 heteroatoms. The predicted molar refractivity (Wildman–Crippen MR) is 66.5 cm³/mol. The quantitative estimate of drug-likeness (QED) is 0.436. The van der Waals surface area contributed by atoms with Gasteiger partial charge in [-0.3, -0.25) is 0 Å². The van der Waals surface area contributed by atoms with Crippen LogP contribution in [0.5, 0.6) is 0 Å². The molecule has 0 unspecified atom stereocenters. The topological polar surface area (TPSA) is 9.23 Å². The summed E-state index contributed by atoms with van der Waals surface area (Å²) >= 11 is -0.985. The van der Waals surface area contributed by atoms with Crippen molar-refractivity contribution in [1.29, 1.82) is 0 Å². The van der Waals surface area contributed by atoms with Crippen molar-refractivity contribution in [3.8, 4) is 0 Å². The first kappa shape index (κ1) is 14.8. The normalized spacial score (nSPS) is 10.5. The van der Waals surface area contributed by atoms with Gasteiger partial charge in [-0.2, -0.15) is 0 Å². The van der Waals surface area contributed by atoms with E-state index in [0.717, 1.165) is 13.2 Å². The van der Waals surface area contributed by atoms with E-state index in [4.69, 9.17) is 4.74 Å². The Balaban J connectivity index is 3.49. The van der Waals surface area contributed by atoms with Gasteiger partial charge in [0.05, 0.1) is 0 Å². The fraction of sp³-hybridized carbons (Fsp3) is 1.00. The molecule has 0 spiro atoms. The van der Waals surface area contributed by atoms with Crippen molar-refractivity contribution in [1.82, 2.24) is 0 Å². The first-order chi connectivity index (χ1) is 6.85. The Morgan fingerprint density at radius 3 is 1.86 bits per heavy atom. The van der Waals surface area contributed by atoms with Crippen LogP contribution in [0.2, 0.25) is 13.3 Å². The maximum atomic E-state index is 5.47. The van der Waals surface area contributed by atoms with Gasteiger partial charge < -0.3 is 0 Å². The number of hydrogen-bond acceptors (Lipinski definition) is 1. The van der Waals surface area contributed by atoms with Gasteiger partial charge in [-0.25, -0.2) is 0 Å². The van der Waals surface area contributed by atoms with E-state index in [1.54, 1.807) is 8.87 Å². The first-order valence-electron chi connectivity index (χ1n) is 6.26. The molecule has 0 aromatic rings. The van der Waals surface area contributed by atoms with Gasteiger partial charge >= 0.3 is 97.5 Å². The molecule has 0 fully saturated rings. The molecule has 0 heterocycles. The molecule has 0 rings (SSSR count). The van der Waals surface area contributed by atoms with E-state index in [1.165, 1.54) is 30.1 Å². The molecule has 84 valence electrons. The Hall–Kier alpha value is 0.759. The van der Waals surface area contributed by atoms with Crippen molar-refractivity contribution >= 4 is 19.8 Å². The van der Waals surface area contributed by atoms with Gasteiger partial charge in [0.15, 0.2) is 0 Å². The third-order valence-corrected chi connectivity index (χ3v) is 11.2. The van der Waals surface area contributed by atoms with Crippen LogP contribution >= 0.6 is 0 Å². The van der Waals surface area contributed by atoms with Gasteiger partial charge in [0.1, 0.15) is 0 Å². The Morgan fingerprint density at radius 1 is 0.857 bits per heavy atom. The van der Waals surface area contributed by atoms with Crippen molar-refractivity contribution in [2.75, 3.05) is 13.2 Å². The summed E-state index contributed by atoms with van der Waals surface area (Å²) in [5.41, 5.74) is 0. The van der Waals surface area contributed by atoms with Crippen LogP contribution in [0.4, 0.5) is 0 Å². The molecule has 0 aliphatic carbocycles. The average molecular weight is 306 g/mol. The van der Waals surface area contributed by atoms with Crippen LogP contribution in [0, 0.1) is 0 Å². The second-order valence-corrected chi connectivity index (χ2v) is 12.5. The molecule has 0 aliphatic rings. The van der Waals surface area contributed by atoms with Crippen LogP contribution < -0.4 is 0 Å². The second-order valence-electron chi connectivity index (χ2n) is 3.90. The zero-order valence-electron chi connectivity index (χ0n) is 10.3. The summed E-state index contributed by atoms with van der Waals surface area (Å²) in [5.74, 6) is 0. The van der Waals surface area contributed by atoms with Crippen LogP contribution in [-0.4, -0.2) is 33.0 Å². The molecular formula is C12H27OSn+. The maximum absolute atomic E-state index is 5.47. The van der Waals surface area contributed by atoms with Gasteiger partial charge in [0.2, 0.25) is 0 Å². The van der Waals surface area contributed by atoms with Crippen LogP contribution in [0.1, 0.15) is 46.5 Å². The van der Waals surface area contributed by atoms with Crippen LogP contribution in [0.25, 0.3) is 0 Å². The fourth-order valence-electron chi connectivity index (χ4n) is 1.59. The van der Waals surface area contributed by atoms with Crippen molar-refractivity contribution in [2.45, 2.75) is 59.8 Å². The number of unbranched alkanes of at least 4 members (excludes halogenated alkanes) is 2. The van der Waals surface area contributed by atoms with Crippen LogP contribution in [0.15, 0.2) is 0 Å². The Morgan fingerprint density at radius 2 is 1.43 bits per heavy atom. The number of hydrogen-bond donors (Lipinski definition) is 0. The molecule has 0 aliphatic heterocycles. The number of rotatable bonds is 10. The van der Waals surface area contributed by atoms with Gasteiger partial charge in [-0.15, -0.1) is 0 Å². The number of ether oxygens (including phenoxy) is 1. The van der Waals surface area contributed by atoms with Gasteiger partial charge in [-0.05, 0) is 0 Å². The van der Waals surface area contributed by atoms with Crippen molar-refractivity contribution < 1.29 is 4.74 Å². The molecule has 0 N–H and O–H groups in total. The Labute approximate surface area is 97.3 Å². The third-order valence-electron chi connectivity index (χ3n) is 2.57. The molecule has 0 aromatic carbocycles. The van der Waals surface area contributed by atoms with E-state index >= 15 is 0 Å². The Bertz CT molecular complexity index is 98.5. The van der Waals surface area contributed by atoms with Gasteiger partial charge in [0, 0.05) is 0 Å². The summed E-state index contributed by atoms with van der Waals surface area (Å²) in [6, 6.07) is 0. The standard InChI is InChI=1S/C4H9O.2C4H9.Sn/c1-3-5-4-2;2*1-3-4-2;/h1,3-4H2,2H3;2*1,3-4H2,2H3;/q;;;+1. The van der Waals surface area contributed by atoms with Crippen molar-refractivity contribution in [3.05, 3.63) is 0 Å². The fourth-order valence-corrected chi connectivity index (χ4v) is 9.84. The summed E-state index contributed by atoms with van der Waals surface area (Å²) in [7, 11) is 0. The molecule has 14 heavy (non-hydrogen) atoms. The van der Waals surface area contributed by atoms with E-state index in [0.29, 0.717) is 0 Å². The minimum absolute atomic E-state index is 0.901.